The standard InChI is InChI=1S/C31H45N5O8S2/c37-15-11-35(20-25-6-4-8-28(33-25)30(39)40)13-17-43-22-27(23-46-19-3-1-2-10-32-24-45)44-18-14-36(12-16-38)21-26-7-5-9-29(34-26)31(41)42/h4-9,27,37-38H,1-3,10-23H2,(H,39,40)(H,41,42). The Hall–Kier alpha value is -2.85. The number of thiocarbonyl (C=S) groups is 1. The first-order valence-corrected chi connectivity index (χ1v) is 16.8. The Kier molecular flexibility index (Phi) is 20.8. The van der Waals surface area contributed by atoms with E-state index in [4.69, 9.17) is 9.47 Å². The fraction of sp³-hybridized carbons (Fsp3) is 0.581. The van der Waals surface area contributed by atoms with Crippen LogP contribution in [-0.2, 0) is 22.6 Å². The molecule has 2 rings (SSSR count). The van der Waals surface area contributed by atoms with Gasteiger partial charge in [-0.1, -0.05) is 18.6 Å². The van der Waals surface area contributed by atoms with Gasteiger partial charge in [0.05, 0.1) is 55.7 Å². The number of carbonyl (C=O) groups is 2. The molecule has 0 bridgehead atoms. The summed E-state index contributed by atoms with van der Waals surface area (Å²) in [6, 6.07) is 9.69. The van der Waals surface area contributed by atoms with Gasteiger partial charge in [-0.2, -0.15) is 11.8 Å². The number of aliphatic hydroxyl groups excluding tert-OH is 2. The SMILES string of the molecule is O=C(O)c1cccc(CN(CCO)CCOCC(CSCCCCCN=C=S)OCCN(CCO)Cc2cccc(C(=O)O)n2)n1. The number of thioether (sulfide) groups is 1. The average Bonchev–Trinajstić information content (AvgIpc) is 3.04. The van der Waals surface area contributed by atoms with E-state index in [1.54, 1.807) is 36.0 Å². The van der Waals surface area contributed by atoms with E-state index in [9.17, 15) is 30.0 Å². The van der Waals surface area contributed by atoms with Crippen molar-refractivity contribution in [3.05, 3.63) is 59.2 Å². The number of aliphatic hydroxyl groups is 2. The fourth-order valence-corrected chi connectivity index (χ4v) is 5.51. The Labute approximate surface area is 279 Å². The van der Waals surface area contributed by atoms with Gasteiger partial charge >= 0.3 is 11.9 Å². The monoisotopic (exact) mass is 679 g/mol. The summed E-state index contributed by atoms with van der Waals surface area (Å²) >= 11 is 6.39. The molecule has 2 heterocycles. The smallest absolute Gasteiger partial charge is 0.354 e. The molecule has 15 heteroatoms. The Bertz CT molecular complexity index is 1220. The third kappa shape index (κ3) is 17.2. The van der Waals surface area contributed by atoms with Crippen molar-refractivity contribution in [1.82, 2.24) is 19.8 Å². The highest BCUT2D eigenvalue weighted by atomic mass is 32.2. The molecule has 254 valence electrons. The molecular formula is C31H45N5O8S2. The third-order valence-corrected chi connectivity index (χ3v) is 8.01. The van der Waals surface area contributed by atoms with Gasteiger partial charge in [0.1, 0.15) is 11.4 Å². The van der Waals surface area contributed by atoms with Crippen molar-refractivity contribution in [3.63, 3.8) is 0 Å². The molecule has 0 saturated heterocycles. The van der Waals surface area contributed by atoms with Crippen LogP contribution in [0, 0.1) is 0 Å². The van der Waals surface area contributed by atoms with Crippen molar-refractivity contribution in [2.24, 2.45) is 4.99 Å². The molecule has 0 amide bonds. The first-order valence-electron chi connectivity index (χ1n) is 15.2. The van der Waals surface area contributed by atoms with Crippen LogP contribution in [0.4, 0.5) is 0 Å². The van der Waals surface area contributed by atoms with Gasteiger partial charge in [0.25, 0.3) is 0 Å². The number of hydrogen-bond acceptors (Lipinski definition) is 13. The van der Waals surface area contributed by atoms with Gasteiger partial charge in [0.2, 0.25) is 0 Å². The number of unbranched alkanes of at least 4 members (excludes halogenated alkanes) is 2. The predicted molar refractivity (Wildman–Crippen MR) is 179 cm³/mol. The average molecular weight is 680 g/mol. The van der Waals surface area contributed by atoms with Gasteiger partial charge < -0.3 is 29.9 Å². The van der Waals surface area contributed by atoms with E-state index in [0.29, 0.717) is 77.0 Å². The number of aromatic nitrogens is 2. The normalized spacial score (nSPS) is 11.9. The summed E-state index contributed by atoms with van der Waals surface area (Å²) in [5, 5.41) is 40.0. The van der Waals surface area contributed by atoms with Crippen molar-refractivity contribution in [2.45, 2.75) is 38.5 Å². The molecule has 46 heavy (non-hydrogen) atoms. The summed E-state index contributed by atoms with van der Waals surface area (Å²) < 4.78 is 12.2. The molecule has 2 aromatic rings. The molecule has 0 aliphatic rings. The number of aliphatic imine (C=N–C) groups is 1. The molecular weight excluding hydrogens is 635 g/mol. The summed E-state index contributed by atoms with van der Waals surface area (Å²) in [7, 11) is 0. The Morgan fingerprint density at radius 1 is 0.870 bits per heavy atom. The lowest BCUT2D eigenvalue weighted by molar-refractivity contribution is -0.0175. The Morgan fingerprint density at radius 2 is 1.46 bits per heavy atom. The first-order chi connectivity index (χ1) is 22.4. The maximum atomic E-state index is 11.3. The van der Waals surface area contributed by atoms with E-state index >= 15 is 0 Å². The molecule has 1 atom stereocenters. The number of rotatable bonds is 27. The van der Waals surface area contributed by atoms with Crippen LogP contribution in [0.25, 0.3) is 0 Å². The number of pyridine rings is 2. The van der Waals surface area contributed by atoms with E-state index < -0.39 is 11.9 Å². The van der Waals surface area contributed by atoms with Gasteiger partial charge in [-0.3, -0.25) is 9.80 Å². The van der Waals surface area contributed by atoms with Crippen LogP contribution >= 0.6 is 24.0 Å². The molecule has 4 N–H and O–H groups in total. The van der Waals surface area contributed by atoms with Crippen LogP contribution in [0.1, 0.15) is 51.6 Å². The lowest BCUT2D eigenvalue weighted by Gasteiger charge is -2.24. The van der Waals surface area contributed by atoms with Crippen LogP contribution in [0.5, 0.6) is 0 Å². The summed E-state index contributed by atoms with van der Waals surface area (Å²) in [4.78, 5) is 38.8. The molecule has 0 aliphatic heterocycles. The zero-order valence-electron chi connectivity index (χ0n) is 26.0. The zero-order valence-corrected chi connectivity index (χ0v) is 27.7. The van der Waals surface area contributed by atoms with Crippen molar-refractivity contribution >= 4 is 41.1 Å². The van der Waals surface area contributed by atoms with E-state index in [1.165, 1.54) is 12.1 Å². The van der Waals surface area contributed by atoms with E-state index in [2.05, 4.69) is 32.3 Å². The van der Waals surface area contributed by atoms with Crippen LogP contribution in [0.15, 0.2) is 41.4 Å². The van der Waals surface area contributed by atoms with Crippen LogP contribution in [0.2, 0.25) is 0 Å². The Morgan fingerprint density at radius 3 is 2.00 bits per heavy atom. The van der Waals surface area contributed by atoms with Crippen molar-refractivity contribution < 1.29 is 39.5 Å². The lowest BCUT2D eigenvalue weighted by Crippen LogP contribution is -2.34. The van der Waals surface area contributed by atoms with Gasteiger partial charge in [-0.05, 0) is 55.1 Å². The number of nitrogens with zero attached hydrogens (tertiary/aromatic N) is 5. The third-order valence-electron chi connectivity index (χ3n) is 6.70. The van der Waals surface area contributed by atoms with Gasteiger partial charge in [0.15, 0.2) is 0 Å². The molecule has 0 aromatic carbocycles. The molecule has 1 unspecified atom stereocenters. The fourth-order valence-electron chi connectivity index (χ4n) is 4.39. The van der Waals surface area contributed by atoms with Gasteiger partial charge in [-0.25, -0.2) is 24.5 Å². The van der Waals surface area contributed by atoms with Crippen molar-refractivity contribution in [1.29, 1.82) is 0 Å². The number of carboxylic acid groups (broad SMARTS) is 2. The van der Waals surface area contributed by atoms with Gasteiger partial charge in [-0.15, -0.1) is 0 Å². The minimum atomic E-state index is -1.09. The topological polar surface area (TPSA) is 178 Å². The summed E-state index contributed by atoms with van der Waals surface area (Å²) in [6.07, 6.45) is 2.88. The Balaban J connectivity index is 1.89. The minimum absolute atomic E-state index is 0.0266. The second-order valence-electron chi connectivity index (χ2n) is 10.3. The second-order valence-corrected chi connectivity index (χ2v) is 11.6. The largest absolute Gasteiger partial charge is 0.477 e. The van der Waals surface area contributed by atoms with E-state index in [-0.39, 0.29) is 30.7 Å². The number of aromatic carboxylic acids is 2. The molecule has 0 radical (unpaired) electrons. The maximum absolute atomic E-state index is 11.3. The summed E-state index contributed by atoms with van der Waals surface area (Å²) in [5.41, 5.74) is 1.14. The molecule has 0 spiro atoms. The van der Waals surface area contributed by atoms with E-state index in [0.717, 1.165) is 30.8 Å². The zero-order chi connectivity index (χ0) is 33.4. The summed E-state index contributed by atoms with van der Waals surface area (Å²) in [6.45, 7) is 4.24. The number of ether oxygens (including phenoxy) is 2. The number of hydrogen-bond donors (Lipinski definition) is 4. The van der Waals surface area contributed by atoms with Crippen LogP contribution in [-0.4, -0.2) is 141 Å². The highest BCUT2D eigenvalue weighted by Crippen LogP contribution is 2.12. The molecule has 2 aromatic heterocycles. The number of carboxylic acids is 2. The van der Waals surface area contributed by atoms with Crippen molar-refractivity contribution in [3.8, 4) is 0 Å². The van der Waals surface area contributed by atoms with E-state index in [1.807, 2.05) is 9.80 Å². The minimum Gasteiger partial charge on any atom is -0.477 e. The highest BCUT2D eigenvalue weighted by Gasteiger charge is 2.15. The molecule has 13 nitrogen and oxygen atoms in total. The maximum Gasteiger partial charge on any atom is 0.354 e. The first kappa shape index (κ1) is 39.3. The van der Waals surface area contributed by atoms with Gasteiger partial charge in [0, 0.05) is 51.6 Å². The number of isothiocyanates is 1. The molecule has 0 aliphatic carbocycles. The summed E-state index contributed by atoms with van der Waals surface area (Å²) in [5.74, 6) is -0.486. The predicted octanol–water partition coefficient (Wildman–Crippen LogP) is 2.57. The van der Waals surface area contributed by atoms with Crippen molar-refractivity contribution in [2.75, 3.05) is 77.3 Å². The molecule has 0 saturated carbocycles. The quantitative estimate of drug-likeness (QED) is 0.0615. The van der Waals surface area contributed by atoms with Crippen LogP contribution < -0.4 is 0 Å². The van der Waals surface area contributed by atoms with Crippen LogP contribution in [0.3, 0.4) is 0 Å². The lowest BCUT2D eigenvalue weighted by atomic mass is 10.2. The molecule has 0 fully saturated rings. The second kappa shape index (κ2) is 24.3. The highest BCUT2D eigenvalue weighted by molar-refractivity contribution is 7.99.